The molecule has 1 saturated carbocycles. The van der Waals surface area contributed by atoms with E-state index in [-0.39, 0.29) is 18.1 Å². The van der Waals surface area contributed by atoms with Gasteiger partial charge in [0.15, 0.2) is 0 Å². The first-order chi connectivity index (χ1) is 7.15. The third-order valence-electron chi connectivity index (χ3n) is 3.38. The van der Waals surface area contributed by atoms with Gasteiger partial charge in [-0.15, -0.1) is 0 Å². The van der Waals surface area contributed by atoms with E-state index in [4.69, 9.17) is 5.11 Å². The van der Waals surface area contributed by atoms with E-state index in [9.17, 15) is 9.59 Å². The Morgan fingerprint density at radius 3 is 2.33 bits per heavy atom. The zero-order valence-electron chi connectivity index (χ0n) is 9.37. The number of hydrogen-bond acceptors (Lipinski definition) is 2. The van der Waals surface area contributed by atoms with Gasteiger partial charge in [-0.3, -0.25) is 9.59 Å². The van der Waals surface area contributed by atoms with Gasteiger partial charge in [-0.1, -0.05) is 26.2 Å². The Hall–Kier alpha value is -0.860. The van der Waals surface area contributed by atoms with E-state index in [1.54, 1.807) is 0 Å². The maximum absolute atomic E-state index is 11.7. The average molecular weight is 212 g/mol. The molecule has 1 aliphatic rings. The molecule has 1 fully saturated rings. The third kappa shape index (κ3) is 3.65. The van der Waals surface area contributed by atoms with Crippen LogP contribution in [0.15, 0.2) is 0 Å². The second-order valence-corrected chi connectivity index (χ2v) is 4.42. The SMILES string of the molecule is CCC(=O)C(CC(=O)O)C1CCCCC1. The number of hydrogen-bond donors (Lipinski definition) is 1. The molecule has 1 unspecified atom stereocenters. The lowest BCUT2D eigenvalue weighted by Crippen LogP contribution is -2.27. The van der Waals surface area contributed by atoms with Crippen molar-refractivity contribution >= 4 is 11.8 Å². The van der Waals surface area contributed by atoms with Crippen LogP contribution >= 0.6 is 0 Å². The van der Waals surface area contributed by atoms with Crippen molar-refractivity contribution in [2.24, 2.45) is 11.8 Å². The van der Waals surface area contributed by atoms with Gasteiger partial charge in [0.25, 0.3) is 0 Å². The predicted molar refractivity (Wildman–Crippen MR) is 57.6 cm³/mol. The van der Waals surface area contributed by atoms with Crippen molar-refractivity contribution in [2.45, 2.75) is 51.9 Å². The van der Waals surface area contributed by atoms with E-state index in [0.717, 1.165) is 25.7 Å². The lowest BCUT2D eigenvalue weighted by molar-refractivity contribution is -0.142. The highest BCUT2D eigenvalue weighted by atomic mass is 16.4. The molecule has 86 valence electrons. The molecule has 0 amide bonds. The third-order valence-corrected chi connectivity index (χ3v) is 3.38. The minimum Gasteiger partial charge on any atom is -0.481 e. The molecule has 0 aromatic carbocycles. The van der Waals surface area contributed by atoms with E-state index in [2.05, 4.69) is 0 Å². The van der Waals surface area contributed by atoms with E-state index in [0.29, 0.717) is 12.3 Å². The first-order valence-electron chi connectivity index (χ1n) is 5.89. The first-order valence-corrected chi connectivity index (χ1v) is 5.89. The summed E-state index contributed by atoms with van der Waals surface area (Å²) in [5.74, 6) is -0.619. The summed E-state index contributed by atoms with van der Waals surface area (Å²) in [4.78, 5) is 22.4. The van der Waals surface area contributed by atoms with Crippen molar-refractivity contribution in [1.82, 2.24) is 0 Å². The number of ketones is 1. The van der Waals surface area contributed by atoms with Crippen LogP contribution < -0.4 is 0 Å². The van der Waals surface area contributed by atoms with Crippen LogP contribution in [-0.4, -0.2) is 16.9 Å². The Morgan fingerprint density at radius 2 is 1.87 bits per heavy atom. The average Bonchev–Trinajstić information content (AvgIpc) is 2.26. The highest BCUT2D eigenvalue weighted by molar-refractivity contribution is 5.84. The van der Waals surface area contributed by atoms with E-state index in [1.165, 1.54) is 6.42 Å². The Labute approximate surface area is 90.9 Å². The van der Waals surface area contributed by atoms with Crippen molar-refractivity contribution in [1.29, 1.82) is 0 Å². The summed E-state index contributed by atoms with van der Waals surface area (Å²) in [5, 5.41) is 8.81. The second-order valence-electron chi connectivity index (χ2n) is 4.42. The maximum atomic E-state index is 11.7. The maximum Gasteiger partial charge on any atom is 0.304 e. The smallest absolute Gasteiger partial charge is 0.304 e. The predicted octanol–water partition coefficient (Wildman–Crippen LogP) is 2.64. The monoisotopic (exact) mass is 212 g/mol. The molecular formula is C12H20O3. The normalized spacial score (nSPS) is 19.8. The van der Waals surface area contributed by atoms with Crippen molar-refractivity contribution in [3.05, 3.63) is 0 Å². The van der Waals surface area contributed by atoms with E-state index >= 15 is 0 Å². The fourth-order valence-corrected chi connectivity index (χ4v) is 2.53. The van der Waals surface area contributed by atoms with Crippen LogP contribution in [0.3, 0.4) is 0 Å². The molecule has 0 saturated heterocycles. The van der Waals surface area contributed by atoms with E-state index in [1.807, 2.05) is 6.92 Å². The summed E-state index contributed by atoms with van der Waals surface area (Å²) in [5.41, 5.74) is 0. The Kier molecular flexibility index (Phi) is 4.79. The second kappa shape index (κ2) is 5.89. The summed E-state index contributed by atoms with van der Waals surface area (Å²) < 4.78 is 0. The van der Waals surface area contributed by atoms with Crippen LogP contribution in [0, 0.1) is 11.8 Å². The number of carboxylic acids is 1. The lowest BCUT2D eigenvalue weighted by Gasteiger charge is -2.28. The number of aliphatic carboxylic acids is 1. The Morgan fingerprint density at radius 1 is 1.27 bits per heavy atom. The molecule has 15 heavy (non-hydrogen) atoms. The first kappa shape index (κ1) is 12.2. The van der Waals surface area contributed by atoms with Crippen LogP contribution in [0.1, 0.15) is 51.9 Å². The Balaban J connectivity index is 2.60. The summed E-state index contributed by atoms with van der Waals surface area (Å²) >= 11 is 0. The molecule has 0 bridgehead atoms. The zero-order chi connectivity index (χ0) is 11.3. The fraction of sp³-hybridized carbons (Fsp3) is 0.833. The Bertz CT molecular complexity index is 229. The number of carboxylic acid groups (broad SMARTS) is 1. The van der Waals surface area contributed by atoms with Crippen molar-refractivity contribution in [3.8, 4) is 0 Å². The molecule has 1 N–H and O–H groups in total. The van der Waals surface area contributed by atoms with Gasteiger partial charge in [-0.2, -0.15) is 0 Å². The van der Waals surface area contributed by atoms with Gasteiger partial charge < -0.3 is 5.11 Å². The molecule has 1 atom stereocenters. The molecule has 0 spiro atoms. The highest BCUT2D eigenvalue weighted by Gasteiger charge is 2.29. The fourth-order valence-electron chi connectivity index (χ4n) is 2.53. The molecular weight excluding hydrogens is 192 g/mol. The number of carbonyl (C=O) groups excluding carboxylic acids is 1. The lowest BCUT2D eigenvalue weighted by atomic mass is 9.76. The molecule has 0 aliphatic heterocycles. The summed E-state index contributed by atoms with van der Waals surface area (Å²) in [6.07, 6.45) is 6.09. The summed E-state index contributed by atoms with van der Waals surface area (Å²) in [6, 6.07) is 0. The molecule has 1 aliphatic carbocycles. The largest absolute Gasteiger partial charge is 0.481 e. The molecule has 3 nitrogen and oxygen atoms in total. The number of Topliss-reactive ketones (excluding diaryl/α,β-unsaturated/α-hetero) is 1. The number of carbonyl (C=O) groups is 2. The summed E-state index contributed by atoms with van der Waals surface area (Å²) in [6.45, 7) is 1.82. The molecule has 1 rings (SSSR count). The molecule has 0 heterocycles. The molecule has 0 aromatic heterocycles. The van der Waals surface area contributed by atoms with Gasteiger partial charge in [0.05, 0.1) is 6.42 Å². The van der Waals surface area contributed by atoms with Crippen LogP contribution in [0.5, 0.6) is 0 Å². The zero-order valence-corrected chi connectivity index (χ0v) is 9.37. The van der Waals surface area contributed by atoms with Gasteiger partial charge in [0, 0.05) is 12.3 Å². The van der Waals surface area contributed by atoms with Crippen molar-refractivity contribution in [2.75, 3.05) is 0 Å². The van der Waals surface area contributed by atoms with Gasteiger partial charge in [0.1, 0.15) is 5.78 Å². The summed E-state index contributed by atoms with van der Waals surface area (Å²) in [7, 11) is 0. The molecule has 3 heteroatoms. The van der Waals surface area contributed by atoms with Gasteiger partial charge >= 0.3 is 5.97 Å². The van der Waals surface area contributed by atoms with Crippen molar-refractivity contribution in [3.63, 3.8) is 0 Å². The van der Waals surface area contributed by atoms with Crippen LogP contribution in [0.4, 0.5) is 0 Å². The van der Waals surface area contributed by atoms with Gasteiger partial charge in [-0.25, -0.2) is 0 Å². The van der Waals surface area contributed by atoms with Crippen LogP contribution in [-0.2, 0) is 9.59 Å². The number of rotatable bonds is 5. The standard InChI is InChI=1S/C12H20O3/c1-2-11(13)10(8-12(14)15)9-6-4-3-5-7-9/h9-10H,2-8H2,1H3,(H,14,15). The minimum atomic E-state index is -0.840. The minimum absolute atomic E-state index is 0.0251. The van der Waals surface area contributed by atoms with Crippen LogP contribution in [0.25, 0.3) is 0 Å². The van der Waals surface area contributed by atoms with Gasteiger partial charge in [-0.05, 0) is 18.8 Å². The van der Waals surface area contributed by atoms with Crippen LogP contribution in [0.2, 0.25) is 0 Å². The quantitative estimate of drug-likeness (QED) is 0.762. The van der Waals surface area contributed by atoms with E-state index < -0.39 is 5.97 Å². The molecule has 0 radical (unpaired) electrons. The highest BCUT2D eigenvalue weighted by Crippen LogP contribution is 2.32. The topological polar surface area (TPSA) is 54.4 Å². The van der Waals surface area contributed by atoms with Crippen molar-refractivity contribution < 1.29 is 14.7 Å². The van der Waals surface area contributed by atoms with Gasteiger partial charge in [0.2, 0.25) is 0 Å². The molecule has 0 aromatic rings.